The van der Waals surface area contributed by atoms with E-state index in [0.717, 1.165) is 11.1 Å². The SMILES string of the molecule is COc1cc([C@@H]2c3cc4c(cc3[C@H](N(CCN(C)C)C(=O)O)[C@@H]3C(=O)OC[C@@H]23)OCO4)cc(OC)c1O. The van der Waals surface area contributed by atoms with E-state index in [1.807, 2.05) is 25.1 Å². The molecule has 0 aromatic heterocycles. The van der Waals surface area contributed by atoms with E-state index in [2.05, 4.69) is 0 Å². The highest BCUT2D eigenvalue weighted by Gasteiger charge is 2.55. The Balaban J connectivity index is 1.73. The quantitative estimate of drug-likeness (QED) is 0.533. The van der Waals surface area contributed by atoms with Crippen LogP contribution in [0.1, 0.15) is 28.7 Å². The molecule has 0 unspecified atom stereocenters. The van der Waals surface area contributed by atoms with Crippen molar-refractivity contribution >= 4 is 12.1 Å². The van der Waals surface area contributed by atoms with E-state index in [-0.39, 0.29) is 43.1 Å². The summed E-state index contributed by atoms with van der Waals surface area (Å²) in [5, 5.41) is 20.8. The molecule has 11 nitrogen and oxygen atoms in total. The van der Waals surface area contributed by atoms with E-state index in [1.165, 1.54) is 19.1 Å². The number of ether oxygens (including phenoxy) is 5. The molecule has 3 aliphatic rings. The molecular weight excluding hydrogens is 484 g/mol. The Kier molecular flexibility index (Phi) is 6.40. The molecular formula is C26H30N2O9. The van der Waals surface area contributed by atoms with Crippen molar-refractivity contribution in [3.8, 4) is 28.7 Å². The number of fused-ring (bicyclic) bond motifs is 3. The maximum Gasteiger partial charge on any atom is 0.407 e. The van der Waals surface area contributed by atoms with Crippen LogP contribution in [0.4, 0.5) is 4.79 Å². The average Bonchev–Trinajstić information content (AvgIpc) is 3.48. The summed E-state index contributed by atoms with van der Waals surface area (Å²) in [5.74, 6) is -0.637. The third kappa shape index (κ3) is 4.12. The highest BCUT2D eigenvalue weighted by atomic mass is 16.7. The number of likely N-dealkylation sites (N-methyl/N-ethyl adjacent to an activating group) is 1. The fraction of sp³-hybridized carbons (Fsp3) is 0.462. The van der Waals surface area contributed by atoms with Gasteiger partial charge in [-0.05, 0) is 55.1 Å². The number of hydrogen-bond acceptors (Lipinski definition) is 9. The second kappa shape index (κ2) is 9.55. The summed E-state index contributed by atoms with van der Waals surface area (Å²) in [5.41, 5.74) is 2.18. The second-order valence-electron chi connectivity index (χ2n) is 9.63. The van der Waals surface area contributed by atoms with Crippen molar-refractivity contribution in [3.05, 3.63) is 41.0 Å². The molecule has 0 saturated carbocycles. The van der Waals surface area contributed by atoms with Crippen molar-refractivity contribution in [3.63, 3.8) is 0 Å². The number of aromatic hydroxyl groups is 1. The molecule has 1 aliphatic carbocycles. The molecule has 0 bridgehead atoms. The molecule has 11 heteroatoms. The molecule has 0 spiro atoms. The summed E-state index contributed by atoms with van der Waals surface area (Å²) < 4.78 is 27.7. The number of methoxy groups -OCH3 is 2. The molecule has 2 heterocycles. The van der Waals surface area contributed by atoms with Gasteiger partial charge in [0.25, 0.3) is 0 Å². The fourth-order valence-electron chi connectivity index (χ4n) is 5.69. The smallest absolute Gasteiger partial charge is 0.407 e. The minimum Gasteiger partial charge on any atom is -0.502 e. The highest BCUT2D eigenvalue weighted by molar-refractivity contribution is 5.79. The van der Waals surface area contributed by atoms with Crippen LogP contribution in [0.3, 0.4) is 0 Å². The van der Waals surface area contributed by atoms with Gasteiger partial charge in [-0.15, -0.1) is 0 Å². The second-order valence-corrected chi connectivity index (χ2v) is 9.63. The predicted molar refractivity (Wildman–Crippen MR) is 130 cm³/mol. The summed E-state index contributed by atoms with van der Waals surface area (Å²) in [7, 11) is 6.62. The van der Waals surface area contributed by atoms with Crippen molar-refractivity contribution < 1.29 is 43.5 Å². The Bertz CT molecular complexity index is 1210. The number of rotatable bonds is 7. The lowest BCUT2D eigenvalue weighted by Crippen LogP contribution is -2.47. The standard InChI is InChI=1S/C26H30N2O9/c1-27(2)5-6-28(26(31)32)23-15-10-18-17(36-12-37-18)9-14(15)21(16-11-35-25(30)22(16)23)13-7-19(33-3)24(29)20(8-13)34-4/h7-10,16,21-23,29H,5-6,11-12H2,1-4H3,(H,31,32)/t16-,21+,22+,23-/m0/s1. The Hall–Kier alpha value is -3.86. The lowest BCUT2D eigenvalue weighted by Gasteiger charge is -2.43. The summed E-state index contributed by atoms with van der Waals surface area (Å²) in [6.45, 7) is 0.839. The molecule has 0 radical (unpaired) electrons. The fourth-order valence-corrected chi connectivity index (χ4v) is 5.69. The van der Waals surface area contributed by atoms with Gasteiger partial charge in [0, 0.05) is 24.9 Å². The normalized spacial score (nSPS) is 23.3. The van der Waals surface area contributed by atoms with Crippen LogP contribution < -0.4 is 18.9 Å². The number of esters is 1. The van der Waals surface area contributed by atoms with Gasteiger partial charge in [0.05, 0.1) is 32.8 Å². The summed E-state index contributed by atoms with van der Waals surface area (Å²) in [4.78, 5) is 29.0. The molecule has 1 fully saturated rings. The summed E-state index contributed by atoms with van der Waals surface area (Å²) in [6, 6.07) is 6.26. The number of phenols is 1. The summed E-state index contributed by atoms with van der Waals surface area (Å²) >= 11 is 0. The number of carboxylic acid groups (broad SMARTS) is 1. The van der Waals surface area contributed by atoms with Crippen LogP contribution in [0.25, 0.3) is 0 Å². The van der Waals surface area contributed by atoms with Crippen LogP contribution >= 0.6 is 0 Å². The zero-order valence-corrected chi connectivity index (χ0v) is 21.1. The number of carbonyl (C=O) groups excluding carboxylic acids is 1. The van der Waals surface area contributed by atoms with Crippen LogP contribution in [0, 0.1) is 11.8 Å². The van der Waals surface area contributed by atoms with Gasteiger partial charge in [0.2, 0.25) is 12.5 Å². The molecule has 2 N–H and O–H groups in total. The van der Waals surface area contributed by atoms with E-state index < -0.39 is 29.9 Å². The van der Waals surface area contributed by atoms with E-state index in [9.17, 15) is 19.8 Å². The number of benzene rings is 2. The van der Waals surface area contributed by atoms with Crippen molar-refractivity contribution in [2.75, 3.05) is 54.8 Å². The van der Waals surface area contributed by atoms with Gasteiger partial charge in [-0.2, -0.15) is 0 Å². The molecule has 4 atom stereocenters. The number of cyclic esters (lactones) is 1. The van der Waals surface area contributed by atoms with Gasteiger partial charge < -0.3 is 38.8 Å². The number of phenolic OH excluding ortho intramolecular Hbond substituents is 1. The van der Waals surface area contributed by atoms with Crippen molar-refractivity contribution in [2.24, 2.45) is 11.8 Å². The van der Waals surface area contributed by atoms with Gasteiger partial charge in [-0.1, -0.05) is 0 Å². The van der Waals surface area contributed by atoms with Crippen LogP contribution in [-0.2, 0) is 9.53 Å². The molecule has 1 saturated heterocycles. The van der Waals surface area contributed by atoms with Crippen LogP contribution in [-0.4, -0.2) is 86.9 Å². The van der Waals surface area contributed by atoms with Gasteiger partial charge in [-0.3, -0.25) is 9.69 Å². The van der Waals surface area contributed by atoms with Crippen molar-refractivity contribution in [1.82, 2.24) is 9.80 Å². The molecule has 198 valence electrons. The first-order chi connectivity index (χ1) is 17.7. The minimum atomic E-state index is -1.12. The van der Waals surface area contributed by atoms with E-state index in [4.69, 9.17) is 23.7 Å². The topological polar surface area (TPSA) is 127 Å². The first-order valence-corrected chi connectivity index (χ1v) is 11.9. The Labute approximate surface area is 214 Å². The number of carbonyl (C=O) groups is 2. The molecule has 1 amide bonds. The van der Waals surface area contributed by atoms with Gasteiger partial charge in [0.15, 0.2) is 23.0 Å². The van der Waals surface area contributed by atoms with Gasteiger partial charge in [0.1, 0.15) is 0 Å². The van der Waals surface area contributed by atoms with E-state index >= 15 is 0 Å². The van der Waals surface area contributed by atoms with Crippen molar-refractivity contribution in [1.29, 1.82) is 0 Å². The number of nitrogens with zero attached hydrogens (tertiary/aromatic N) is 2. The van der Waals surface area contributed by atoms with Gasteiger partial charge >= 0.3 is 12.1 Å². The lowest BCUT2D eigenvalue weighted by atomic mass is 9.65. The monoisotopic (exact) mass is 514 g/mol. The van der Waals surface area contributed by atoms with Crippen molar-refractivity contribution in [2.45, 2.75) is 12.0 Å². The Morgan fingerprint density at radius 3 is 2.19 bits per heavy atom. The minimum absolute atomic E-state index is 0.0482. The number of amides is 1. The molecule has 2 aromatic carbocycles. The lowest BCUT2D eigenvalue weighted by molar-refractivity contribution is -0.143. The predicted octanol–water partition coefficient (Wildman–Crippen LogP) is 2.66. The molecule has 2 aliphatic heterocycles. The average molecular weight is 515 g/mol. The maximum absolute atomic E-state index is 13.2. The Morgan fingerprint density at radius 1 is 1.00 bits per heavy atom. The molecule has 37 heavy (non-hydrogen) atoms. The summed E-state index contributed by atoms with van der Waals surface area (Å²) in [6.07, 6.45) is -1.12. The third-order valence-corrected chi connectivity index (χ3v) is 7.38. The third-order valence-electron chi connectivity index (χ3n) is 7.38. The zero-order chi connectivity index (χ0) is 26.4. The van der Waals surface area contributed by atoms with E-state index in [1.54, 1.807) is 18.2 Å². The molecule has 2 aromatic rings. The Morgan fingerprint density at radius 2 is 1.62 bits per heavy atom. The van der Waals surface area contributed by atoms with Crippen LogP contribution in [0.2, 0.25) is 0 Å². The van der Waals surface area contributed by atoms with Crippen LogP contribution in [0.5, 0.6) is 28.7 Å². The van der Waals surface area contributed by atoms with Crippen LogP contribution in [0.15, 0.2) is 24.3 Å². The zero-order valence-electron chi connectivity index (χ0n) is 21.1. The highest BCUT2D eigenvalue weighted by Crippen LogP contribution is 2.56. The first-order valence-electron chi connectivity index (χ1n) is 11.9. The molecule has 5 rings (SSSR count). The maximum atomic E-state index is 13.2. The largest absolute Gasteiger partial charge is 0.502 e. The first kappa shape index (κ1) is 24.8. The number of hydrogen-bond donors (Lipinski definition) is 2. The van der Waals surface area contributed by atoms with E-state index in [0.29, 0.717) is 23.6 Å². The van der Waals surface area contributed by atoms with Gasteiger partial charge in [-0.25, -0.2) is 4.79 Å².